The fourth-order valence-corrected chi connectivity index (χ4v) is 3.40. The van der Waals surface area contributed by atoms with Crippen molar-refractivity contribution in [3.05, 3.63) is 41.3 Å². The van der Waals surface area contributed by atoms with Gasteiger partial charge in [-0.05, 0) is 42.5 Å². The molecule has 0 aliphatic carbocycles. The number of aliphatic hydroxyl groups is 2. The van der Waals surface area contributed by atoms with Crippen LogP contribution >= 0.6 is 0 Å². The van der Waals surface area contributed by atoms with Crippen molar-refractivity contribution in [3.8, 4) is 11.6 Å². The third kappa shape index (κ3) is 7.81. The molecule has 1 amide bonds. The van der Waals surface area contributed by atoms with Gasteiger partial charge in [0.15, 0.2) is 5.69 Å². The summed E-state index contributed by atoms with van der Waals surface area (Å²) in [5, 5.41) is 36.2. The summed E-state index contributed by atoms with van der Waals surface area (Å²) >= 11 is 0. The molecule has 2 rings (SSSR count). The molecule has 0 aliphatic heterocycles. The Morgan fingerprint density at radius 3 is 2.32 bits per heavy atom. The van der Waals surface area contributed by atoms with Gasteiger partial charge in [0.1, 0.15) is 12.4 Å². The van der Waals surface area contributed by atoms with E-state index in [1.54, 1.807) is 0 Å². The van der Waals surface area contributed by atoms with Crippen LogP contribution in [0.4, 0.5) is 4.39 Å². The molecule has 0 fully saturated rings. The molecule has 4 N–H and O–H groups in total. The van der Waals surface area contributed by atoms with Gasteiger partial charge in [-0.15, -0.1) is 0 Å². The van der Waals surface area contributed by atoms with Gasteiger partial charge < -0.3 is 25.4 Å². The number of nitrogens with one attached hydrogen (secondary N) is 1. The number of aromatic nitrogens is 2. The maximum Gasteiger partial charge on any atom is 0.305 e. The Hall–Kier alpha value is -2.98. The Balaban J connectivity index is 2.36. The molecule has 188 valence electrons. The van der Waals surface area contributed by atoms with Gasteiger partial charge in [-0.25, -0.2) is 9.07 Å². The van der Waals surface area contributed by atoms with Gasteiger partial charge in [-0.2, -0.15) is 5.10 Å². The van der Waals surface area contributed by atoms with Gasteiger partial charge in [0, 0.05) is 18.5 Å². The average Bonchev–Trinajstić information content (AvgIpc) is 3.11. The van der Waals surface area contributed by atoms with Crippen LogP contribution in [0.2, 0.25) is 0 Å². The van der Waals surface area contributed by atoms with Crippen molar-refractivity contribution in [2.24, 2.45) is 5.92 Å². The van der Waals surface area contributed by atoms with Crippen molar-refractivity contribution in [1.29, 1.82) is 0 Å². The highest BCUT2D eigenvalue weighted by atomic mass is 19.1. The molecule has 2 atom stereocenters. The van der Waals surface area contributed by atoms with Gasteiger partial charge >= 0.3 is 5.97 Å². The number of carbonyl (C=O) groups excluding carboxylic acids is 1. The lowest BCUT2D eigenvalue weighted by Gasteiger charge is -2.17. The molecule has 0 radical (unpaired) electrons. The molecule has 9 nitrogen and oxygen atoms in total. The number of rotatable bonds is 13. The molecule has 0 aliphatic rings. The Labute approximate surface area is 198 Å². The Kier molecular flexibility index (Phi) is 10.0. The van der Waals surface area contributed by atoms with Crippen LogP contribution in [-0.2, 0) is 4.79 Å². The summed E-state index contributed by atoms with van der Waals surface area (Å²) in [5.41, 5.74) is 1.14. The van der Waals surface area contributed by atoms with E-state index in [1.807, 2.05) is 13.8 Å². The zero-order chi connectivity index (χ0) is 25.4. The molecule has 10 heteroatoms. The third-order valence-corrected chi connectivity index (χ3v) is 5.12. The number of carboxylic acids is 1. The molecule has 1 aromatic heterocycles. The number of hydrogen-bond acceptors (Lipinski definition) is 6. The summed E-state index contributed by atoms with van der Waals surface area (Å²) in [4.78, 5) is 23.7. The first kappa shape index (κ1) is 27.3. The number of ether oxygens (including phenoxy) is 1. The topological polar surface area (TPSA) is 134 Å². The number of amides is 1. The van der Waals surface area contributed by atoms with Gasteiger partial charge in [-0.1, -0.05) is 27.7 Å². The fourth-order valence-electron chi connectivity index (χ4n) is 3.40. The van der Waals surface area contributed by atoms with Crippen LogP contribution in [0, 0.1) is 11.7 Å². The monoisotopic (exact) mass is 479 g/mol. The molecule has 0 saturated carbocycles. The quantitative estimate of drug-likeness (QED) is 0.347. The highest BCUT2D eigenvalue weighted by molar-refractivity contribution is 5.94. The number of carboxylic acid groups (broad SMARTS) is 1. The summed E-state index contributed by atoms with van der Waals surface area (Å²) in [7, 11) is 0. The van der Waals surface area contributed by atoms with Crippen molar-refractivity contribution in [2.45, 2.75) is 65.1 Å². The largest absolute Gasteiger partial charge is 0.481 e. The molecular formula is C24H34FN3O6. The van der Waals surface area contributed by atoms with E-state index in [4.69, 9.17) is 9.84 Å². The van der Waals surface area contributed by atoms with E-state index in [2.05, 4.69) is 24.3 Å². The molecular weight excluding hydrogens is 445 g/mol. The first-order chi connectivity index (χ1) is 16.0. The van der Waals surface area contributed by atoms with E-state index in [0.29, 0.717) is 23.7 Å². The highest BCUT2D eigenvalue weighted by Crippen LogP contribution is 2.33. The lowest BCUT2D eigenvalue weighted by atomic mass is 10.0. The second kappa shape index (κ2) is 12.5. The minimum atomic E-state index is -1.23. The minimum absolute atomic E-state index is 0.165. The lowest BCUT2D eigenvalue weighted by molar-refractivity contribution is -0.139. The van der Waals surface area contributed by atoms with Gasteiger partial charge in [0.2, 0.25) is 5.88 Å². The normalized spacial score (nSPS) is 13.2. The third-order valence-electron chi connectivity index (χ3n) is 5.12. The van der Waals surface area contributed by atoms with Crippen LogP contribution in [-0.4, -0.2) is 62.3 Å². The van der Waals surface area contributed by atoms with Crippen molar-refractivity contribution in [2.75, 3.05) is 13.2 Å². The number of nitrogens with zero attached hydrogens (tertiary/aromatic N) is 2. The average molecular weight is 480 g/mol. The summed E-state index contributed by atoms with van der Waals surface area (Å²) in [6.07, 6.45) is -2.28. The van der Waals surface area contributed by atoms with Crippen LogP contribution in [0.15, 0.2) is 24.3 Å². The maximum absolute atomic E-state index is 13.5. The Morgan fingerprint density at radius 2 is 1.76 bits per heavy atom. The number of benzene rings is 1. The van der Waals surface area contributed by atoms with E-state index >= 15 is 0 Å². The molecule has 2 aromatic rings. The first-order valence-corrected chi connectivity index (χ1v) is 11.4. The standard InChI is InChI=1S/C24H34FN3O6/c1-14(2)9-10-26-23(33)22-21(15(3)4)24(28(27-22)17-7-5-16(25)6-8-17)34-13-19(30)11-18(29)12-20(31)32/h5-8,14-15,18-19,29-30H,9-13H2,1-4H3,(H,26,33)(H,31,32). The van der Waals surface area contributed by atoms with Crippen molar-refractivity contribution >= 4 is 11.9 Å². The maximum atomic E-state index is 13.5. The molecule has 1 heterocycles. The van der Waals surface area contributed by atoms with Crippen LogP contribution in [0.25, 0.3) is 5.69 Å². The molecule has 1 aromatic carbocycles. The van der Waals surface area contributed by atoms with Crippen molar-refractivity contribution in [1.82, 2.24) is 15.1 Å². The van der Waals surface area contributed by atoms with E-state index in [1.165, 1.54) is 28.9 Å². The summed E-state index contributed by atoms with van der Waals surface area (Å²) in [6.45, 7) is 8.07. The zero-order valence-electron chi connectivity index (χ0n) is 20.0. The SMILES string of the molecule is CC(C)CCNC(=O)c1nn(-c2ccc(F)cc2)c(OCC(O)CC(O)CC(=O)O)c1C(C)C. The zero-order valence-corrected chi connectivity index (χ0v) is 20.0. The number of carbonyl (C=O) groups is 2. The minimum Gasteiger partial charge on any atom is -0.481 e. The van der Waals surface area contributed by atoms with Crippen molar-refractivity contribution < 1.29 is 34.0 Å². The Bertz CT molecular complexity index is 958. The number of halogens is 1. The molecule has 34 heavy (non-hydrogen) atoms. The summed E-state index contributed by atoms with van der Waals surface area (Å²) in [5.74, 6) is -1.53. The molecule has 0 spiro atoms. The molecule has 2 unspecified atom stereocenters. The molecule has 0 bridgehead atoms. The van der Waals surface area contributed by atoms with Crippen LogP contribution in [0.1, 0.15) is 68.9 Å². The van der Waals surface area contributed by atoms with Crippen LogP contribution < -0.4 is 10.1 Å². The molecule has 0 saturated heterocycles. The lowest BCUT2D eigenvalue weighted by Crippen LogP contribution is -2.27. The van der Waals surface area contributed by atoms with E-state index in [0.717, 1.165) is 6.42 Å². The highest BCUT2D eigenvalue weighted by Gasteiger charge is 2.28. The first-order valence-electron chi connectivity index (χ1n) is 11.4. The predicted octanol–water partition coefficient (Wildman–Crippen LogP) is 2.88. The van der Waals surface area contributed by atoms with Gasteiger partial charge in [0.25, 0.3) is 5.91 Å². The number of aliphatic hydroxyl groups excluding tert-OH is 2. The van der Waals surface area contributed by atoms with Crippen molar-refractivity contribution in [3.63, 3.8) is 0 Å². The summed E-state index contributed by atoms with van der Waals surface area (Å²) in [6, 6.07) is 5.50. The van der Waals surface area contributed by atoms with Gasteiger partial charge in [-0.3, -0.25) is 9.59 Å². The summed E-state index contributed by atoms with van der Waals surface area (Å²) < 4.78 is 20.7. The fraction of sp³-hybridized carbons (Fsp3) is 0.542. The van der Waals surface area contributed by atoms with Gasteiger partial charge in [0.05, 0.1) is 24.3 Å². The predicted molar refractivity (Wildman–Crippen MR) is 124 cm³/mol. The van der Waals surface area contributed by atoms with E-state index in [-0.39, 0.29) is 36.4 Å². The van der Waals surface area contributed by atoms with E-state index < -0.39 is 30.4 Å². The number of hydrogen-bond donors (Lipinski definition) is 4. The van der Waals surface area contributed by atoms with Crippen LogP contribution in [0.3, 0.4) is 0 Å². The second-order valence-electron chi connectivity index (χ2n) is 9.00. The van der Waals surface area contributed by atoms with Crippen LogP contribution in [0.5, 0.6) is 5.88 Å². The Morgan fingerprint density at radius 1 is 1.12 bits per heavy atom. The second-order valence-corrected chi connectivity index (χ2v) is 9.00. The number of aliphatic carboxylic acids is 1. The smallest absolute Gasteiger partial charge is 0.305 e. The van der Waals surface area contributed by atoms with E-state index in [9.17, 15) is 24.2 Å².